The van der Waals surface area contributed by atoms with Crippen molar-refractivity contribution in [2.75, 3.05) is 5.32 Å². The van der Waals surface area contributed by atoms with Gasteiger partial charge in [-0.1, -0.05) is 36.4 Å². The minimum atomic E-state index is -0.203. The Bertz CT molecular complexity index is 821. The molecular formula is C18H16N2O2. The molecule has 0 saturated heterocycles. The standard InChI is InChI=1S/C18H16N2O2/c1-12-7-3-5-9-14(12)17(21)20-16-11-19-18(22-16)15-10-6-4-8-13(15)2/h3-11H,1-2H3,(H,20,21). The van der Waals surface area contributed by atoms with E-state index in [1.54, 1.807) is 6.07 Å². The van der Waals surface area contributed by atoms with Gasteiger partial charge in [0.25, 0.3) is 5.91 Å². The largest absolute Gasteiger partial charge is 0.420 e. The number of aromatic nitrogens is 1. The lowest BCUT2D eigenvalue weighted by Gasteiger charge is -2.04. The molecule has 0 atom stereocenters. The van der Waals surface area contributed by atoms with E-state index in [1.807, 2.05) is 56.3 Å². The van der Waals surface area contributed by atoms with E-state index >= 15 is 0 Å². The molecule has 1 heterocycles. The van der Waals surface area contributed by atoms with E-state index in [9.17, 15) is 4.79 Å². The van der Waals surface area contributed by atoms with Crippen molar-refractivity contribution in [2.24, 2.45) is 0 Å². The van der Waals surface area contributed by atoms with Crippen LogP contribution in [0.2, 0.25) is 0 Å². The third kappa shape index (κ3) is 2.76. The van der Waals surface area contributed by atoms with Crippen LogP contribution in [0.1, 0.15) is 21.5 Å². The van der Waals surface area contributed by atoms with Crippen molar-refractivity contribution in [3.05, 3.63) is 71.4 Å². The molecule has 1 aromatic heterocycles. The van der Waals surface area contributed by atoms with Crippen LogP contribution in [0, 0.1) is 13.8 Å². The van der Waals surface area contributed by atoms with E-state index in [4.69, 9.17) is 4.42 Å². The number of hydrogen-bond acceptors (Lipinski definition) is 3. The van der Waals surface area contributed by atoms with Gasteiger partial charge in [0, 0.05) is 11.1 Å². The molecule has 4 heteroatoms. The highest BCUT2D eigenvalue weighted by atomic mass is 16.4. The van der Waals surface area contributed by atoms with Crippen LogP contribution in [0.4, 0.5) is 5.88 Å². The fourth-order valence-electron chi connectivity index (χ4n) is 2.28. The number of nitrogens with one attached hydrogen (secondary N) is 1. The second kappa shape index (κ2) is 5.85. The molecule has 4 nitrogen and oxygen atoms in total. The van der Waals surface area contributed by atoms with Gasteiger partial charge in [-0.05, 0) is 37.1 Å². The van der Waals surface area contributed by atoms with E-state index < -0.39 is 0 Å². The lowest BCUT2D eigenvalue weighted by Crippen LogP contribution is -2.12. The first kappa shape index (κ1) is 14.1. The summed E-state index contributed by atoms with van der Waals surface area (Å²) in [6.07, 6.45) is 1.53. The first-order chi connectivity index (χ1) is 10.6. The molecule has 0 spiro atoms. The first-order valence-electron chi connectivity index (χ1n) is 7.04. The second-order valence-corrected chi connectivity index (χ2v) is 5.11. The number of nitrogens with zero attached hydrogens (tertiary/aromatic N) is 1. The molecule has 0 radical (unpaired) electrons. The van der Waals surface area contributed by atoms with Crippen molar-refractivity contribution in [1.82, 2.24) is 4.98 Å². The molecule has 0 aliphatic carbocycles. The van der Waals surface area contributed by atoms with Gasteiger partial charge in [0.05, 0.1) is 6.20 Å². The maximum absolute atomic E-state index is 12.2. The molecule has 1 N–H and O–H groups in total. The molecule has 3 rings (SSSR count). The van der Waals surface area contributed by atoms with Crippen LogP contribution >= 0.6 is 0 Å². The molecule has 0 aliphatic rings. The van der Waals surface area contributed by atoms with Gasteiger partial charge in [-0.15, -0.1) is 0 Å². The molecule has 0 fully saturated rings. The maximum atomic E-state index is 12.2. The van der Waals surface area contributed by atoms with Crippen LogP contribution in [0.5, 0.6) is 0 Å². The van der Waals surface area contributed by atoms with Crippen LogP contribution < -0.4 is 5.32 Å². The number of carbonyl (C=O) groups excluding carboxylic acids is 1. The van der Waals surface area contributed by atoms with E-state index in [0.717, 1.165) is 16.7 Å². The van der Waals surface area contributed by atoms with Gasteiger partial charge in [0.1, 0.15) is 0 Å². The molecule has 22 heavy (non-hydrogen) atoms. The Morgan fingerprint density at radius 1 is 1.00 bits per heavy atom. The van der Waals surface area contributed by atoms with E-state index in [0.29, 0.717) is 17.3 Å². The number of oxazole rings is 1. The first-order valence-corrected chi connectivity index (χ1v) is 7.04. The van der Waals surface area contributed by atoms with E-state index in [1.165, 1.54) is 6.20 Å². The lowest BCUT2D eigenvalue weighted by molar-refractivity contribution is 0.102. The van der Waals surface area contributed by atoms with Crippen molar-refractivity contribution in [3.63, 3.8) is 0 Å². The lowest BCUT2D eigenvalue weighted by atomic mass is 10.1. The zero-order chi connectivity index (χ0) is 15.5. The number of rotatable bonds is 3. The quantitative estimate of drug-likeness (QED) is 0.786. The average molecular weight is 292 g/mol. The summed E-state index contributed by atoms with van der Waals surface area (Å²) in [5, 5.41) is 2.74. The molecular weight excluding hydrogens is 276 g/mol. The van der Waals surface area contributed by atoms with Crippen molar-refractivity contribution in [2.45, 2.75) is 13.8 Å². The van der Waals surface area contributed by atoms with Crippen LogP contribution in [-0.2, 0) is 0 Å². The molecule has 2 aromatic carbocycles. The smallest absolute Gasteiger partial charge is 0.258 e. The summed E-state index contributed by atoms with van der Waals surface area (Å²) in [5.41, 5.74) is 3.52. The fraction of sp³-hybridized carbons (Fsp3) is 0.111. The van der Waals surface area contributed by atoms with E-state index in [-0.39, 0.29) is 5.91 Å². The second-order valence-electron chi connectivity index (χ2n) is 5.11. The number of aryl methyl sites for hydroxylation is 2. The van der Waals surface area contributed by atoms with Crippen molar-refractivity contribution in [3.8, 4) is 11.5 Å². The Labute approximate surface area is 128 Å². The Morgan fingerprint density at radius 3 is 2.41 bits per heavy atom. The van der Waals surface area contributed by atoms with Crippen molar-refractivity contribution >= 4 is 11.8 Å². The van der Waals surface area contributed by atoms with Gasteiger partial charge in [-0.25, -0.2) is 4.98 Å². The number of anilines is 1. The normalized spacial score (nSPS) is 10.5. The van der Waals surface area contributed by atoms with Gasteiger partial charge in [0.2, 0.25) is 11.8 Å². The van der Waals surface area contributed by atoms with Gasteiger partial charge in [-0.2, -0.15) is 0 Å². The molecule has 1 amide bonds. The minimum Gasteiger partial charge on any atom is -0.420 e. The van der Waals surface area contributed by atoms with Gasteiger partial charge >= 0.3 is 0 Å². The SMILES string of the molecule is Cc1ccccc1C(=O)Nc1cnc(-c2ccccc2C)o1. The zero-order valence-electron chi connectivity index (χ0n) is 12.5. The number of benzene rings is 2. The topological polar surface area (TPSA) is 55.1 Å². The van der Waals surface area contributed by atoms with Crippen LogP contribution in [-0.4, -0.2) is 10.9 Å². The van der Waals surface area contributed by atoms with Gasteiger partial charge in [0.15, 0.2) is 0 Å². The summed E-state index contributed by atoms with van der Waals surface area (Å²) < 4.78 is 5.64. The van der Waals surface area contributed by atoms with Crippen LogP contribution in [0.15, 0.2) is 59.1 Å². The summed E-state index contributed by atoms with van der Waals surface area (Å²) in [6.45, 7) is 3.89. The molecule has 0 bridgehead atoms. The molecule has 110 valence electrons. The predicted molar refractivity (Wildman–Crippen MR) is 85.8 cm³/mol. The Balaban J connectivity index is 1.82. The number of amides is 1. The highest BCUT2D eigenvalue weighted by Crippen LogP contribution is 2.25. The maximum Gasteiger partial charge on any atom is 0.258 e. The molecule has 0 unspecified atom stereocenters. The fourth-order valence-corrected chi connectivity index (χ4v) is 2.28. The summed E-state index contributed by atoms with van der Waals surface area (Å²) in [5.74, 6) is 0.635. The Morgan fingerprint density at radius 2 is 1.68 bits per heavy atom. The van der Waals surface area contributed by atoms with Crippen molar-refractivity contribution < 1.29 is 9.21 Å². The minimum absolute atomic E-state index is 0.203. The third-order valence-corrected chi connectivity index (χ3v) is 3.51. The van der Waals surface area contributed by atoms with Crippen molar-refractivity contribution in [1.29, 1.82) is 0 Å². The van der Waals surface area contributed by atoms with Gasteiger partial charge < -0.3 is 4.42 Å². The zero-order valence-corrected chi connectivity index (χ0v) is 12.5. The summed E-state index contributed by atoms with van der Waals surface area (Å²) in [6, 6.07) is 15.2. The number of carbonyl (C=O) groups is 1. The van der Waals surface area contributed by atoms with Crippen LogP contribution in [0.3, 0.4) is 0 Å². The predicted octanol–water partition coefficient (Wildman–Crippen LogP) is 4.21. The molecule has 3 aromatic rings. The van der Waals surface area contributed by atoms with Crippen LogP contribution in [0.25, 0.3) is 11.5 Å². The number of hydrogen-bond donors (Lipinski definition) is 1. The Hall–Kier alpha value is -2.88. The molecule has 0 saturated carbocycles. The van der Waals surface area contributed by atoms with Gasteiger partial charge in [-0.3, -0.25) is 10.1 Å². The average Bonchev–Trinajstić information content (AvgIpc) is 2.96. The highest BCUT2D eigenvalue weighted by Gasteiger charge is 2.13. The summed E-state index contributed by atoms with van der Waals surface area (Å²) in [4.78, 5) is 16.5. The summed E-state index contributed by atoms with van der Waals surface area (Å²) >= 11 is 0. The Kier molecular flexibility index (Phi) is 3.74. The monoisotopic (exact) mass is 292 g/mol. The van der Waals surface area contributed by atoms with E-state index in [2.05, 4.69) is 10.3 Å². The highest BCUT2D eigenvalue weighted by molar-refractivity contribution is 6.04. The third-order valence-electron chi connectivity index (χ3n) is 3.51. The molecule has 0 aliphatic heterocycles. The summed E-state index contributed by atoms with van der Waals surface area (Å²) in [7, 11) is 0.